The Balaban J connectivity index is 1.57. The van der Waals surface area contributed by atoms with Gasteiger partial charge in [0.1, 0.15) is 29.5 Å². The van der Waals surface area contributed by atoms with Crippen LogP contribution in [0.25, 0.3) is 10.9 Å². The molecule has 0 radical (unpaired) electrons. The van der Waals surface area contributed by atoms with Crippen molar-refractivity contribution in [3.63, 3.8) is 0 Å². The Morgan fingerprint density at radius 3 is 2.12 bits per heavy atom. The number of aromatic amines is 1. The summed E-state index contributed by atoms with van der Waals surface area (Å²) >= 11 is 0. The molecule has 0 unspecified atom stereocenters. The fourth-order valence-electron chi connectivity index (χ4n) is 5.22. The quantitative estimate of drug-likeness (QED) is 0.114. The summed E-state index contributed by atoms with van der Waals surface area (Å²) in [5, 5.41) is 7.92. The third-order valence-electron chi connectivity index (χ3n) is 7.80. The van der Waals surface area contributed by atoms with Crippen LogP contribution < -0.4 is 20.8 Å². The van der Waals surface area contributed by atoms with Crippen molar-refractivity contribution in [2.75, 3.05) is 14.2 Å². The number of esters is 1. The van der Waals surface area contributed by atoms with Crippen LogP contribution in [0.3, 0.4) is 0 Å². The van der Waals surface area contributed by atoms with E-state index in [1.54, 1.807) is 65.3 Å². The van der Waals surface area contributed by atoms with Crippen LogP contribution in [0, 0.1) is 0 Å². The number of para-hydroxylation sites is 1. The average Bonchev–Trinajstić information content (AvgIpc) is 3.49. The van der Waals surface area contributed by atoms with Crippen molar-refractivity contribution < 1.29 is 33.4 Å². The van der Waals surface area contributed by atoms with Crippen LogP contribution in [-0.4, -0.2) is 71.8 Å². The second-order valence-corrected chi connectivity index (χ2v) is 12.7. The lowest BCUT2D eigenvalue weighted by atomic mass is 10.0. The number of fused-ring (bicyclic) bond motifs is 1. The number of nitrogens with zero attached hydrogens (tertiary/aromatic N) is 1. The highest BCUT2D eigenvalue weighted by molar-refractivity contribution is 5.90. The van der Waals surface area contributed by atoms with Crippen LogP contribution in [0.4, 0.5) is 4.79 Å². The van der Waals surface area contributed by atoms with Gasteiger partial charge >= 0.3 is 12.1 Å². The monoisotopic (exact) mass is 671 g/mol. The lowest BCUT2D eigenvalue weighted by Gasteiger charge is -2.31. The number of H-pyrrole nitrogens is 1. The first-order valence-corrected chi connectivity index (χ1v) is 16.0. The molecule has 3 amide bonds. The maximum atomic E-state index is 14.0. The second-order valence-electron chi connectivity index (χ2n) is 12.7. The highest BCUT2D eigenvalue weighted by Crippen LogP contribution is 2.20. The van der Waals surface area contributed by atoms with Gasteiger partial charge in [0, 0.05) is 36.5 Å². The number of rotatable bonds is 14. The predicted molar refractivity (Wildman–Crippen MR) is 185 cm³/mol. The molecular formula is C37H45N5O7. The Bertz CT molecular complexity index is 1720. The summed E-state index contributed by atoms with van der Waals surface area (Å²) in [5.74, 6) is -1.04. The van der Waals surface area contributed by atoms with Gasteiger partial charge in [0.2, 0.25) is 5.91 Å². The molecule has 0 aliphatic carbocycles. The van der Waals surface area contributed by atoms with Gasteiger partial charge in [0.15, 0.2) is 0 Å². The molecule has 0 saturated heterocycles. The van der Waals surface area contributed by atoms with Crippen molar-refractivity contribution in [3.8, 4) is 5.75 Å². The third-order valence-corrected chi connectivity index (χ3v) is 7.80. The van der Waals surface area contributed by atoms with Crippen molar-refractivity contribution >= 4 is 34.8 Å². The van der Waals surface area contributed by atoms with Gasteiger partial charge in [-0.1, -0.05) is 60.7 Å². The topological polar surface area (TPSA) is 151 Å². The van der Waals surface area contributed by atoms with E-state index in [2.05, 4.69) is 21.0 Å². The van der Waals surface area contributed by atoms with Crippen molar-refractivity contribution in [2.24, 2.45) is 0 Å². The lowest BCUT2D eigenvalue weighted by molar-refractivity contribution is -0.146. The zero-order valence-electron chi connectivity index (χ0n) is 28.7. The number of carbonyl (C=O) groups excluding carboxylic acids is 4. The molecular weight excluding hydrogens is 626 g/mol. The van der Waals surface area contributed by atoms with Gasteiger partial charge in [-0.25, -0.2) is 14.6 Å². The largest absolute Gasteiger partial charge is 0.497 e. The van der Waals surface area contributed by atoms with Crippen molar-refractivity contribution in [1.82, 2.24) is 26.1 Å². The molecule has 4 N–H and O–H groups in total. The zero-order chi connectivity index (χ0) is 35.6. The molecule has 0 bridgehead atoms. The minimum absolute atomic E-state index is 0.129. The van der Waals surface area contributed by atoms with Crippen molar-refractivity contribution in [1.29, 1.82) is 0 Å². The lowest BCUT2D eigenvalue weighted by Crippen LogP contribution is -2.59. The molecule has 1 aromatic heterocycles. The summed E-state index contributed by atoms with van der Waals surface area (Å²) in [4.78, 5) is 56.7. The van der Waals surface area contributed by atoms with Crippen LogP contribution in [-0.2, 0) is 43.2 Å². The maximum absolute atomic E-state index is 14.0. The van der Waals surface area contributed by atoms with Gasteiger partial charge in [0.25, 0.3) is 5.91 Å². The number of benzene rings is 3. The molecule has 4 rings (SSSR count). The number of aromatic nitrogens is 1. The van der Waals surface area contributed by atoms with E-state index in [1.807, 2.05) is 54.6 Å². The van der Waals surface area contributed by atoms with Gasteiger partial charge in [0.05, 0.1) is 14.2 Å². The van der Waals surface area contributed by atoms with E-state index >= 15 is 0 Å². The third kappa shape index (κ3) is 10.6. The number of hydrogen-bond acceptors (Lipinski definition) is 8. The summed E-state index contributed by atoms with van der Waals surface area (Å²) in [6.45, 7) is 6.96. The zero-order valence-corrected chi connectivity index (χ0v) is 28.7. The minimum Gasteiger partial charge on any atom is -0.497 e. The molecule has 260 valence electrons. The van der Waals surface area contributed by atoms with E-state index in [0.717, 1.165) is 27.6 Å². The van der Waals surface area contributed by atoms with E-state index in [1.165, 1.54) is 12.1 Å². The van der Waals surface area contributed by atoms with E-state index in [9.17, 15) is 19.2 Å². The highest BCUT2D eigenvalue weighted by atomic mass is 16.6. The Kier molecular flexibility index (Phi) is 12.4. The van der Waals surface area contributed by atoms with E-state index in [0.29, 0.717) is 5.75 Å². The standard InChI is InChI=1S/C37H45N5O7/c1-24(33(43)39-32(35(45)48-6)21-27-22-38-30-15-11-10-14-29(27)30)42(23-26-12-8-7-9-13-26)41-34(44)31(40-36(46)49-37(2,3)4)20-25-16-18-28(47-5)19-17-25/h7-19,22,24,31-32,38H,20-21,23H2,1-6H3,(H,39,43)(H,40,46)(H,41,44)/t24-,31-,32-/m0/s1. The number of carbonyl (C=O) groups is 4. The average molecular weight is 672 g/mol. The molecule has 49 heavy (non-hydrogen) atoms. The molecule has 0 saturated carbocycles. The van der Waals surface area contributed by atoms with Gasteiger partial charge in [-0.15, -0.1) is 0 Å². The Morgan fingerprint density at radius 2 is 1.47 bits per heavy atom. The Labute approximate surface area is 286 Å². The molecule has 12 heteroatoms. The molecule has 4 aromatic rings. The van der Waals surface area contributed by atoms with Gasteiger partial charge in [-0.05, 0) is 62.6 Å². The first kappa shape index (κ1) is 36.5. The van der Waals surface area contributed by atoms with E-state index in [-0.39, 0.29) is 19.4 Å². The smallest absolute Gasteiger partial charge is 0.408 e. The fourth-order valence-corrected chi connectivity index (χ4v) is 5.22. The number of ether oxygens (including phenoxy) is 3. The van der Waals surface area contributed by atoms with E-state index in [4.69, 9.17) is 14.2 Å². The number of nitrogens with one attached hydrogen (secondary N) is 4. The molecule has 0 spiro atoms. The molecule has 1 heterocycles. The fraction of sp³-hybridized carbons (Fsp3) is 0.351. The minimum atomic E-state index is -1.07. The van der Waals surface area contributed by atoms with Crippen molar-refractivity contribution in [3.05, 3.63) is 102 Å². The maximum Gasteiger partial charge on any atom is 0.408 e. The molecule has 3 atom stereocenters. The Morgan fingerprint density at radius 1 is 0.796 bits per heavy atom. The number of alkyl carbamates (subject to hydrolysis) is 1. The second kappa shape index (κ2) is 16.6. The molecule has 0 aliphatic rings. The summed E-state index contributed by atoms with van der Waals surface area (Å²) < 4.78 is 15.7. The SMILES string of the molecule is COC(=O)[C@H](Cc1c[nH]c2ccccc12)NC(=O)[C@H](C)N(Cc1ccccc1)NC(=O)[C@H](Cc1ccc(OC)cc1)NC(=O)OC(C)(C)C. The highest BCUT2D eigenvalue weighted by Gasteiger charge is 2.32. The number of methoxy groups -OCH3 is 2. The van der Waals surface area contributed by atoms with Gasteiger partial charge < -0.3 is 29.8 Å². The molecule has 0 fully saturated rings. The van der Waals surface area contributed by atoms with Crippen LogP contribution in [0.5, 0.6) is 5.75 Å². The van der Waals surface area contributed by atoms with Crippen LogP contribution in [0.15, 0.2) is 85.1 Å². The first-order valence-electron chi connectivity index (χ1n) is 16.0. The number of hydrazine groups is 1. The van der Waals surface area contributed by atoms with Crippen LogP contribution in [0.1, 0.15) is 44.4 Å². The first-order chi connectivity index (χ1) is 23.4. The Hall–Kier alpha value is -5.36. The normalized spacial score (nSPS) is 13.2. The summed E-state index contributed by atoms with van der Waals surface area (Å²) in [6.07, 6.45) is 1.35. The molecule has 12 nitrogen and oxygen atoms in total. The summed E-state index contributed by atoms with van der Waals surface area (Å²) in [7, 11) is 2.83. The summed E-state index contributed by atoms with van der Waals surface area (Å²) in [5.41, 5.74) is 5.39. The van der Waals surface area contributed by atoms with Crippen LogP contribution in [0.2, 0.25) is 0 Å². The number of hydrogen-bond donors (Lipinski definition) is 4. The summed E-state index contributed by atoms with van der Waals surface area (Å²) in [6, 6.07) is 21.1. The number of amides is 3. The van der Waals surface area contributed by atoms with Crippen molar-refractivity contribution in [2.45, 2.75) is 70.8 Å². The van der Waals surface area contributed by atoms with Gasteiger partial charge in [-0.2, -0.15) is 0 Å². The van der Waals surface area contributed by atoms with Crippen LogP contribution >= 0.6 is 0 Å². The molecule has 0 aliphatic heterocycles. The molecule has 3 aromatic carbocycles. The van der Waals surface area contributed by atoms with E-state index < -0.39 is 47.6 Å². The predicted octanol–water partition coefficient (Wildman–Crippen LogP) is 4.43. The van der Waals surface area contributed by atoms with Gasteiger partial charge in [-0.3, -0.25) is 15.0 Å².